The zero-order chi connectivity index (χ0) is 19.9. The maximum atomic E-state index is 12.3. The van der Waals surface area contributed by atoms with Crippen molar-refractivity contribution in [2.75, 3.05) is 19.6 Å². The van der Waals surface area contributed by atoms with Gasteiger partial charge in [-0.2, -0.15) is 0 Å². The second kappa shape index (κ2) is 9.76. The summed E-state index contributed by atoms with van der Waals surface area (Å²) >= 11 is 0. The van der Waals surface area contributed by atoms with Crippen LogP contribution in [-0.2, 0) is 14.3 Å². The molecule has 2 rings (SSSR count). The number of likely N-dealkylation sites (tertiary alicyclic amines) is 1. The predicted octanol–water partition coefficient (Wildman–Crippen LogP) is 2.36. The van der Waals surface area contributed by atoms with Crippen LogP contribution in [0.4, 0.5) is 4.79 Å². The lowest BCUT2D eigenvalue weighted by molar-refractivity contribution is -0.127. The Morgan fingerprint density at radius 1 is 1.07 bits per heavy atom. The molecule has 1 saturated heterocycles. The minimum absolute atomic E-state index is 0.0285. The Bertz CT molecular complexity index is 554. The van der Waals surface area contributed by atoms with Gasteiger partial charge in [-0.25, -0.2) is 4.79 Å². The van der Waals surface area contributed by atoms with Crippen LogP contribution in [0.25, 0.3) is 0 Å². The van der Waals surface area contributed by atoms with Crippen LogP contribution in [0.2, 0.25) is 0 Å². The number of nitrogens with one attached hydrogen (secondary N) is 2. The van der Waals surface area contributed by atoms with Gasteiger partial charge in [0.05, 0.1) is 0 Å². The van der Waals surface area contributed by atoms with Crippen LogP contribution in [0.1, 0.15) is 59.3 Å². The number of alkyl carbamates (subject to hydrolysis) is 1. The Hall–Kier alpha value is -2.05. The number of hydrogen-bond acceptors (Lipinski definition) is 4. The minimum atomic E-state index is -0.605. The van der Waals surface area contributed by atoms with Crippen molar-refractivity contribution in [2.45, 2.75) is 70.9 Å². The minimum Gasteiger partial charge on any atom is -0.444 e. The molecule has 1 aliphatic heterocycles. The van der Waals surface area contributed by atoms with Crippen molar-refractivity contribution in [2.24, 2.45) is 5.92 Å². The quantitative estimate of drug-likeness (QED) is 0.718. The number of rotatable bonds is 5. The largest absolute Gasteiger partial charge is 0.444 e. The van der Waals surface area contributed by atoms with E-state index in [0.717, 1.165) is 12.8 Å². The second-order valence-electron chi connectivity index (χ2n) is 8.43. The molecule has 0 spiro atoms. The SMILES string of the molecule is CC(C)(C)OC(=O)NCC(=O)NC1CCN(C(=O)/C=C/C2CCCC2)CC1. The van der Waals surface area contributed by atoms with Gasteiger partial charge in [0.15, 0.2) is 0 Å². The second-order valence-corrected chi connectivity index (χ2v) is 8.43. The van der Waals surface area contributed by atoms with Crippen molar-refractivity contribution in [1.82, 2.24) is 15.5 Å². The molecule has 0 unspecified atom stereocenters. The summed E-state index contributed by atoms with van der Waals surface area (Å²) in [6, 6.07) is 0.0285. The van der Waals surface area contributed by atoms with Crippen molar-refractivity contribution >= 4 is 17.9 Å². The molecule has 0 atom stereocenters. The van der Waals surface area contributed by atoms with Crippen LogP contribution in [-0.4, -0.2) is 54.1 Å². The van der Waals surface area contributed by atoms with Crippen LogP contribution in [0.5, 0.6) is 0 Å². The monoisotopic (exact) mass is 379 g/mol. The van der Waals surface area contributed by atoms with Gasteiger partial charge in [-0.3, -0.25) is 9.59 Å². The van der Waals surface area contributed by atoms with Crippen LogP contribution >= 0.6 is 0 Å². The summed E-state index contributed by atoms with van der Waals surface area (Å²) in [6.45, 7) is 6.47. The fourth-order valence-electron chi connectivity index (χ4n) is 3.46. The number of amides is 3. The molecule has 1 aliphatic carbocycles. The molecule has 152 valence electrons. The molecule has 2 N–H and O–H groups in total. The molecule has 2 aliphatic rings. The molecule has 0 aromatic carbocycles. The van der Waals surface area contributed by atoms with Crippen LogP contribution < -0.4 is 10.6 Å². The number of piperidine rings is 1. The van der Waals surface area contributed by atoms with E-state index in [1.807, 2.05) is 4.90 Å². The van der Waals surface area contributed by atoms with E-state index in [-0.39, 0.29) is 24.4 Å². The summed E-state index contributed by atoms with van der Waals surface area (Å²) in [5, 5.41) is 5.36. The predicted molar refractivity (Wildman–Crippen MR) is 103 cm³/mol. The molecule has 7 nitrogen and oxygen atoms in total. The highest BCUT2D eigenvalue weighted by molar-refractivity contribution is 5.87. The maximum Gasteiger partial charge on any atom is 0.408 e. The topological polar surface area (TPSA) is 87.7 Å². The summed E-state index contributed by atoms with van der Waals surface area (Å²) in [5.41, 5.74) is -0.591. The van der Waals surface area contributed by atoms with E-state index in [0.29, 0.717) is 19.0 Å². The molecule has 7 heteroatoms. The summed E-state index contributed by atoms with van der Waals surface area (Å²) in [4.78, 5) is 37.6. The van der Waals surface area contributed by atoms with Crippen LogP contribution in [0, 0.1) is 5.92 Å². The third kappa shape index (κ3) is 8.01. The standard InChI is InChI=1S/C20H33N3O4/c1-20(2,3)27-19(26)21-14-17(24)22-16-10-12-23(13-11-16)18(25)9-8-15-6-4-5-7-15/h8-9,15-16H,4-7,10-14H2,1-3H3,(H,21,26)(H,22,24)/b9-8+. The lowest BCUT2D eigenvalue weighted by Crippen LogP contribution is -2.48. The first-order valence-electron chi connectivity index (χ1n) is 9.96. The molecule has 2 fully saturated rings. The maximum absolute atomic E-state index is 12.3. The first-order valence-corrected chi connectivity index (χ1v) is 9.96. The van der Waals surface area contributed by atoms with Gasteiger partial charge in [-0.15, -0.1) is 0 Å². The number of ether oxygens (including phenoxy) is 1. The van der Waals surface area contributed by atoms with E-state index >= 15 is 0 Å². The molecule has 1 heterocycles. The number of nitrogens with zero attached hydrogens (tertiary/aromatic N) is 1. The average molecular weight is 380 g/mol. The summed E-state index contributed by atoms with van der Waals surface area (Å²) in [5.74, 6) is 0.383. The van der Waals surface area contributed by atoms with Gasteiger partial charge in [0, 0.05) is 19.1 Å². The highest BCUT2D eigenvalue weighted by atomic mass is 16.6. The van der Waals surface area contributed by atoms with E-state index in [1.165, 1.54) is 25.7 Å². The van der Waals surface area contributed by atoms with Gasteiger partial charge in [-0.1, -0.05) is 18.9 Å². The third-order valence-electron chi connectivity index (χ3n) is 4.87. The first-order chi connectivity index (χ1) is 12.7. The average Bonchev–Trinajstić information content (AvgIpc) is 3.10. The number of carbonyl (C=O) groups is 3. The Kier molecular flexibility index (Phi) is 7.68. The molecule has 3 amide bonds. The van der Waals surface area contributed by atoms with Crippen LogP contribution in [0.15, 0.2) is 12.2 Å². The summed E-state index contributed by atoms with van der Waals surface area (Å²) in [7, 11) is 0. The van der Waals surface area contributed by atoms with Gasteiger partial charge < -0.3 is 20.3 Å². The first kappa shape index (κ1) is 21.3. The Labute approximate surface area is 161 Å². The fourth-order valence-corrected chi connectivity index (χ4v) is 3.46. The Morgan fingerprint density at radius 2 is 1.70 bits per heavy atom. The highest BCUT2D eigenvalue weighted by Gasteiger charge is 2.23. The van der Waals surface area contributed by atoms with Crippen molar-refractivity contribution in [3.8, 4) is 0 Å². The van der Waals surface area contributed by atoms with E-state index in [2.05, 4.69) is 16.7 Å². The van der Waals surface area contributed by atoms with Gasteiger partial charge in [0.2, 0.25) is 11.8 Å². The molecule has 0 aromatic rings. The van der Waals surface area contributed by atoms with Crippen molar-refractivity contribution in [3.63, 3.8) is 0 Å². The molecule has 0 bridgehead atoms. The molecule has 0 radical (unpaired) electrons. The van der Waals surface area contributed by atoms with Crippen molar-refractivity contribution in [1.29, 1.82) is 0 Å². The zero-order valence-electron chi connectivity index (χ0n) is 16.8. The normalized spacial score (nSPS) is 19.3. The smallest absolute Gasteiger partial charge is 0.408 e. The molecular formula is C20H33N3O4. The van der Waals surface area contributed by atoms with Gasteiger partial charge in [0.25, 0.3) is 0 Å². The Balaban J connectivity index is 1.64. The lowest BCUT2D eigenvalue weighted by atomic mass is 10.0. The lowest BCUT2D eigenvalue weighted by Gasteiger charge is -2.31. The van der Waals surface area contributed by atoms with Gasteiger partial charge in [-0.05, 0) is 58.4 Å². The van der Waals surface area contributed by atoms with Gasteiger partial charge in [0.1, 0.15) is 12.1 Å². The third-order valence-corrected chi connectivity index (χ3v) is 4.87. The van der Waals surface area contributed by atoms with Crippen molar-refractivity contribution < 1.29 is 19.1 Å². The zero-order valence-corrected chi connectivity index (χ0v) is 16.8. The van der Waals surface area contributed by atoms with E-state index in [4.69, 9.17) is 4.74 Å². The van der Waals surface area contributed by atoms with E-state index in [9.17, 15) is 14.4 Å². The number of allylic oxidation sites excluding steroid dienone is 1. The fraction of sp³-hybridized carbons (Fsp3) is 0.750. The summed E-state index contributed by atoms with van der Waals surface area (Å²) in [6.07, 6.45) is 9.53. The van der Waals surface area contributed by atoms with E-state index < -0.39 is 11.7 Å². The van der Waals surface area contributed by atoms with Gasteiger partial charge >= 0.3 is 6.09 Å². The van der Waals surface area contributed by atoms with Crippen LogP contribution in [0.3, 0.4) is 0 Å². The molecule has 1 saturated carbocycles. The Morgan fingerprint density at radius 3 is 2.30 bits per heavy atom. The number of hydrogen-bond donors (Lipinski definition) is 2. The molecule has 0 aromatic heterocycles. The molecule has 27 heavy (non-hydrogen) atoms. The molecular weight excluding hydrogens is 346 g/mol. The number of carbonyl (C=O) groups excluding carboxylic acids is 3. The van der Waals surface area contributed by atoms with E-state index in [1.54, 1.807) is 26.8 Å². The van der Waals surface area contributed by atoms with Crippen molar-refractivity contribution in [3.05, 3.63) is 12.2 Å². The highest BCUT2D eigenvalue weighted by Crippen LogP contribution is 2.25. The summed E-state index contributed by atoms with van der Waals surface area (Å²) < 4.78 is 5.10.